The molecule has 8 nitrogen and oxygen atoms in total. The van der Waals surface area contributed by atoms with Crippen LogP contribution in [0.25, 0.3) is 0 Å². The number of nitrogens with one attached hydrogen (secondary N) is 1. The predicted octanol–water partition coefficient (Wildman–Crippen LogP) is 3.84. The van der Waals surface area contributed by atoms with E-state index in [1.165, 1.54) is 16.8 Å². The molecule has 0 unspecified atom stereocenters. The van der Waals surface area contributed by atoms with Crippen LogP contribution in [0.1, 0.15) is 11.3 Å². The topological polar surface area (TPSA) is 99.3 Å². The zero-order valence-electron chi connectivity index (χ0n) is 14.9. The summed E-state index contributed by atoms with van der Waals surface area (Å²) in [5.41, 5.74) is 1.80. The van der Waals surface area contributed by atoms with Crippen LogP contribution in [0.3, 0.4) is 0 Å². The molecule has 0 aliphatic rings. The van der Waals surface area contributed by atoms with Gasteiger partial charge in [-0.05, 0) is 31.5 Å². The van der Waals surface area contributed by atoms with Crippen LogP contribution in [0.5, 0.6) is 11.5 Å². The highest BCUT2D eigenvalue weighted by atomic mass is 16.6. The van der Waals surface area contributed by atoms with Crippen LogP contribution < -0.4 is 10.1 Å². The van der Waals surface area contributed by atoms with Crippen molar-refractivity contribution >= 4 is 17.3 Å². The molecule has 1 N–H and O–H groups in total. The van der Waals surface area contributed by atoms with Crippen molar-refractivity contribution in [2.45, 2.75) is 20.4 Å². The number of amides is 1. The van der Waals surface area contributed by atoms with Crippen LogP contribution in [0, 0.1) is 24.0 Å². The average Bonchev–Trinajstić information content (AvgIpc) is 3.01. The number of non-ortho nitro benzene ring substituents is 1. The fourth-order valence-corrected chi connectivity index (χ4v) is 2.52. The number of nitro benzene ring substituents is 1. The van der Waals surface area contributed by atoms with E-state index in [2.05, 4.69) is 10.4 Å². The monoisotopic (exact) mass is 366 g/mol. The molecule has 0 radical (unpaired) electrons. The van der Waals surface area contributed by atoms with Crippen LogP contribution in [0.15, 0.2) is 54.7 Å². The molecule has 1 heterocycles. The second-order valence-corrected chi connectivity index (χ2v) is 6.04. The minimum atomic E-state index is -0.531. The third-order valence-electron chi connectivity index (χ3n) is 3.79. The number of anilines is 1. The number of rotatable bonds is 6. The molecule has 138 valence electrons. The number of benzene rings is 2. The highest BCUT2D eigenvalue weighted by Gasteiger charge is 2.14. The van der Waals surface area contributed by atoms with E-state index in [1.54, 1.807) is 24.4 Å². The number of aryl methyl sites for hydroxylation is 2. The van der Waals surface area contributed by atoms with Crippen molar-refractivity contribution < 1.29 is 14.5 Å². The highest BCUT2D eigenvalue weighted by Crippen LogP contribution is 2.31. The fourth-order valence-electron chi connectivity index (χ4n) is 2.52. The molecule has 3 aromatic rings. The van der Waals surface area contributed by atoms with Gasteiger partial charge in [-0.1, -0.05) is 18.2 Å². The van der Waals surface area contributed by atoms with Gasteiger partial charge >= 0.3 is 0 Å². The fraction of sp³-hybridized carbons (Fsp3) is 0.158. The van der Waals surface area contributed by atoms with E-state index in [1.807, 2.05) is 32.0 Å². The summed E-state index contributed by atoms with van der Waals surface area (Å²) in [5.74, 6) is 0.506. The van der Waals surface area contributed by atoms with Crippen LogP contribution in [0.4, 0.5) is 11.4 Å². The molecular formula is C19H18N4O4. The largest absolute Gasteiger partial charge is 0.457 e. The Hall–Kier alpha value is -3.68. The number of nitro groups is 1. The number of nitrogens with zero attached hydrogens (tertiary/aromatic N) is 3. The minimum Gasteiger partial charge on any atom is -0.457 e. The van der Waals surface area contributed by atoms with Gasteiger partial charge in [0.2, 0.25) is 5.91 Å². The molecule has 1 amide bonds. The van der Waals surface area contributed by atoms with E-state index in [0.29, 0.717) is 5.75 Å². The number of hydrogen-bond acceptors (Lipinski definition) is 5. The third-order valence-corrected chi connectivity index (χ3v) is 3.79. The number of ether oxygens (including phenoxy) is 1. The molecule has 3 rings (SSSR count). The Morgan fingerprint density at radius 3 is 2.67 bits per heavy atom. The highest BCUT2D eigenvalue weighted by molar-refractivity contribution is 5.91. The first-order valence-electron chi connectivity index (χ1n) is 8.23. The van der Waals surface area contributed by atoms with E-state index in [9.17, 15) is 14.9 Å². The van der Waals surface area contributed by atoms with Crippen molar-refractivity contribution in [2.75, 3.05) is 5.32 Å². The standard InChI is InChI=1S/C19H18N4O4/c1-13-5-3-4-6-18(13)27-17-10-15(9-16(11-17)23(25)26)20-19(24)12-22-8-7-14(2)21-22/h3-11H,12H2,1-2H3,(H,20,24). The SMILES string of the molecule is Cc1ccn(CC(=O)Nc2cc(Oc3ccccc3C)cc([N+](=O)[O-])c2)n1. The molecule has 0 aliphatic heterocycles. The van der Waals surface area contributed by atoms with Gasteiger partial charge in [0.1, 0.15) is 18.0 Å². The zero-order valence-corrected chi connectivity index (χ0v) is 14.9. The van der Waals surface area contributed by atoms with Gasteiger partial charge in [0.15, 0.2) is 0 Å². The van der Waals surface area contributed by atoms with Gasteiger partial charge in [0, 0.05) is 18.3 Å². The van der Waals surface area contributed by atoms with E-state index in [4.69, 9.17) is 4.74 Å². The summed E-state index contributed by atoms with van der Waals surface area (Å²) in [5, 5.41) is 18.0. The molecule has 1 aromatic heterocycles. The molecule has 0 fully saturated rings. The van der Waals surface area contributed by atoms with Crippen molar-refractivity contribution in [3.05, 3.63) is 76.1 Å². The second-order valence-electron chi connectivity index (χ2n) is 6.04. The molecule has 0 aliphatic carbocycles. The summed E-state index contributed by atoms with van der Waals surface area (Å²) in [6.07, 6.45) is 1.69. The molecule has 0 saturated heterocycles. The maximum Gasteiger partial charge on any atom is 0.275 e. The van der Waals surface area contributed by atoms with Crippen molar-refractivity contribution in [3.8, 4) is 11.5 Å². The van der Waals surface area contributed by atoms with Crippen molar-refractivity contribution in [1.82, 2.24) is 9.78 Å². The average molecular weight is 366 g/mol. The van der Waals surface area contributed by atoms with Crippen molar-refractivity contribution in [1.29, 1.82) is 0 Å². The van der Waals surface area contributed by atoms with E-state index in [-0.39, 0.29) is 29.6 Å². The lowest BCUT2D eigenvalue weighted by molar-refractivity contribution is -0.384. The van der Waals surface area contributed by atoms with Gasteiger partial charge in [-0.3, -0.25) is 19.6 Å². The molecule has 27 heavy (non-hydrogen) atoms. The number of carbonyl (C=O) groups excluding carboxylic acids is 1. The van der Waals surface area contributed by atoms with E-state index < -0.39 is 4.92 Å². The predicted molar refractivity (Wildman–Crippen MR) is 99.9 cm³/mol. The maximum atomic E-state index is 12.2. The minimum absolute atomic E-state index is 0.00448. The van der Waals surface area contributed by atoms with Gasteiger partial charge in [-0.25, -0.2) is 0 Å². The number of hydrogen-bond donors (Lipinski definition) is 1. The van der Waals surface area contributed by atoms with Gasteiger partial charge in [-0.15, -0.1) is 0 Å². The summed E-state index contributed by atoms with van der Waals surface area (Å²) in [7, 11) is 0. The van der Waals surface area contributed by atoms with Gasteiger partial charge in [-0.2, -0.15) is 5.10 Å². The molecule has 0 atom stereocenters. The lowest BCUT2D eigenvalue weighted by Crippen LogP contribution is -2.19. The summed E-state index contributed by atoms with van der Waals surface area (Å²) in [6.45, 7) is 3.70. The van der Waals surface area contributed by atoms with Gasteiger partial charge in [0.05, 0.1) is 22.4 Å². The molecule has 2 aromatic carbocycles. The number of para-hydroxylation sites is 1. The Morgan fingerprint density at radius 2 is 2.00 bits per heavy atom. The number of aromatic nitrogens is 2. The Bertz CT molecular complexity index is 997. The first-order chi connectivity index (χ1) is 12.9. The molecule has 8 heteroatoms. The lowest BCUT2D eigenvalue weighted by atomic mass is 10.2. The Kier molecular flexibility index (Phi) is 5.16. The Balaban J connectivity index is 1.81. The van der Waals surface area contributed by atoms with Gasteiger partial charge < -0.3 is 10.1 Å². The van der Waals surface area contributed by atoms with E-state index >= 15 is 0 Å². The maximum absolute atomic E-state index is 12.2. The first-order valence-corrected chi connectivity index (χ1v) is 8.23. The summed E-state index contributed by atoms with van der Waals surface area (Å²) < 4.78 is 7.26. The zero-order chi connectivity index (χ0) is 19.4. The third kappa shape index (κ3) is 4.69. The molecule has 0 bridgehead atoms. The lowest BCUT2D eigenvalue weighted by Gasteiger charge is -2.11. The summed E-state index contributed by atoms with van der Waals surface area (Å²) in [4.78, 5) is 22.9. The summed E-state index contributed by atoms with van der Waals surface area (Å²) in [6, 6.07) is 13.3. The van der Waals surface area contributed by atoms with Crippen LogP contribution in [-0.4, -0.2) is 20.6 Å². The smallest absolute Gasteiger partial charge is 0.275 e. The van der Waals surface area contributed by atoms with E-state index in [0.717, 1.165) is 11.3 Å². The van der Waals surface area contributed by atoms with Gasteiger partial charge in [0.25, 0.3) is 5.69 Å². The Labute approximate surface area is 155 Å². The van der Waals surface area contributed by atoms with Crippen LogP contribution in [0.2, 0.25) is 0 Å². The molecule has 0 saturated carbocycles. The molecular weight excluding hydrogens is 348 g/mol. The first kappa shape index (κ1) is 18.1. The van der Waals surface area contributed by atoms with Crippen molar-refractivity contribution in [3.63, 3.8) is 0 Å². The van der Waals surface area contributed by atoms with Crippen LogP contribution in [-0.2, 0) is 11.3 Å². The molecule has 0 spiro atoms. The Morgan fingerprint density at radius 1 is 1.22 bits per heavy atom. The quantitative estimate of drug-likeness (QED) is 0.528. The van der Waals surface area contributed by atoms with Crippen LogP contribution >= 0.6 is 0 Å². The normalized spacial score (nSPS) is 10.4. The summed E-state index contributed by atoms with van der Waals surface area (Å²) >= 11 is 0. The van der Waals surface area contributed by atoms with Crippen molar-refractivity contribution in [2.24, 2.45) is 0 Å². The second kappa shape index (κ2) is 7.69. The number of carbonyl (C=O) groups is 1.